The van der Waals surface area contributed by atoms with Crippen LogP contribution in [0.3, 0.4) is 0 Å². The van der Waals surface area contributed by atoms with Crippen molar-refractivity contribution in [3.63, 3.8) is 0 Å². The first kappa shape index (κ1) is 21.0. The van der Waals surface area contributed by atoms with Crippen molar-refractivity contribution < 1.29 is 14.3 Å². The van der Waals surface area contributed by atoms with Crippen molar-refractivity contribution in [1.29, 1.82) is 0 Å². The Hall–Kier alpha value is -2.67. The number of anilines is 1. The van der Waals surface area contributed by atoms with Crippen LogP contribution >= 0.6 is 0 Å². The largest absolute Gasteiger partial charge is 0.497 e. The van der Waals surface area contributed by atoms with Crippen LogP contribution in [0.15, 0.2) is 52.1 Å². The summed E-state index contributed by atoms with van der Waals surface area (Å²) in [6.07, 6.45) is 2.68. The van der Waals surface area contributed by atoms with Crippen LogP contribution in [0.1, 0.15) is 26.0 Å². The van der Waals surface area contributed by atoms with Gasteiger partial charge in [-0.3, -0.25) is 0 Å². The fourth-order valence-electron chi connectivity index (χ4n) is 3.52. The molecule has 0 spiro atoms. The molecule has 1 fully saturated rings. The summed E-state index contributed by atoms with van der Waals surface area (Å²) in [4.78, 5) is 6.95. The first-order valence-corrected chi connectivity index (χ1v) is 10.2. The third kappa shape index (κ3) is 5.67. The highest BCUT2D eigenvalue weighted by Crippen LogP contribution is 2.26. The van der Waals surface area contributed by atoms with Gasteiger partial charge < -0.3 is 29.8 Å². The third-order valence-electron chi connectivity index (χ3n) is 5.20. The highest BCUT2D eigenvalue weighted by atomic mass is 16.5. The number of aliphatic hydroxyl groups is 1. The van der Waals surface area contributed by atoms with Gasteiger partial charge in [-0.15, -0.1) is 0 Å². The first-order valence-electron chi connectivity index (χ1n) is 10.2. The molecule has 1 aliphatic heterocycles. The van der Waals surface area contributed by atoms with Crippen molar-refractivity contribution in [3.8, 4) is 5.75 Å². The molecule has 3 N–H and O–H groups in total. The van der Waals surface area contributed by atoms with Crippen molar-refractivity contribution in [1.82, 2.24) is 10.6 Å². The molecule has 0 amide bonds. The Morgan fingerprint density at radius 1 is 1.34 bits per heavy atom. The molecule has 7 heteroatoms. The number of furan rings is 1. The number of methoxy groups -OCH3 is 1. The molecule has 2 heterocycles. The second-order valence-electron chi connectivity index (χ2n) is 7.63. The first-order chi connectivity index (χ1) is 14.0. The van der Waals surface area contributed by atoms with Crippen LogP contribution in [0.25, 0.3) is 0 Å². The topological polar surface area (TPSA) is 82.3 Å². The number of hydrogen-bond acceptors (Lipinski definition) is 5. The minimum Gasteiger partial charge on any atom is -0.497 e. The van der Waals surface area contributed by atoms with E-state index in [1.54, 1.807) is 32.4 Å². The lowest BCUT2D eigenvalue weighted by atomic mass is 10.0. The van der Waals surface area contributed by atoms with Gasteiger partial charge in [0.25, 0.3) is 0 Å². The van der Waals surface area contributed by atoms with E-state index in [-0.39, 0.29) is 6.54 Å². The van der Waals surface area contributed by atoms with Gasteiger partial charge in [0.2, 0.25) is 0 Å². The van der Waals surface area contributed by atoms with E-state index in [0.29, 0.717) is 17.6 Å². The van der Waals surface area contributed by atoms with Crippen molar-refractivity contribution in [3.05, 3.63) is 48.4 Å². The van der Waals surface area contributed by atoms with Crippen LogP contribution in [-0.2, 0) is 5.60 Å². The van der Waals surface area contributed by atoms with Crippen LogP contribution in [0, 0.1) is 5.92 Å². The van der Waals surface area contributed by atoms with Gasteiger partial charge in [-0.2, -0.15) is 0 Å². The van der Waals surface area contributed by atoms with Gasteiger partial charge >= 0.3 is 0 Å². The average molecular weight is 401 g/mol. The molecule has 1 aromatic carbocycles. The number of nitrogens with zero attached hydrogens (tertiary/aromatic N) is 2. The maximum atomic E-state index is 10.6. The minimum atomic E-state index is -1.14. The van der Waals surface area contributed by atoms with Gasteiger partial charge in [0.1, 0.15) is 17.1 Å². The maximum Gasteiger partial charge on any atom is 0.191 e. The lowest BCUT2D eigenvalue weighted by molar-refractivity contribution is 0.0437. The molecule has 158 valence electrons. The van der Waals surface area contributed by atoms with Crippen molar-refractivity contribution in [2.75, 3.05) is 44.7 Å². The van der Waals surface area contributed by atoms with Gasteiger partial charge in [-0.25, -0.2) is 4.99 Å². The summed E-state index contributed by atoms with van der Waals surface area (Å²) in [5.74, 6) is 2.63. The van der Waals surface area contributed by atoms with Gasteiger partial charge in [-0.05, 0) is 50.5 Å². The summed E-state index contributed by atoms with van der Waals surface area (Å²) in [5.41, 5.74) is 0.0597. The fourth-order valence-corrected chi connectivity index (χ4v) is 3.52. The average Bonchev–Trinajstić information content (AvgIpc) is 3.43. The van der Waals surface area contributed by atoms with Crippen molar-refractivity contribution in [2.24, 2.45) is 10.9 Å². The number of benzene rings is 1. The number of rotatable bonds is 8. The highest BCUT2D eigenvalue weighted by molar-refractivity contribution is 5.79. The van der Waals surface area contributed by atoms with Crippen molar-refractivity contribution in [2.45, 2.75) is 25.9 Å². The van der Waals surface area contributed by atoms with E-state index in [1.807, 2.05) is 19.1 Å². The predicted octanol–water partition coefficient (Wildman–Crippen LogP) is 2.58. The Balaban J connectivity index is 1.54. The molecule has 2 atom stereocenters. The molecule has 2 aromatic rings. The zero-order valence-electron chi connectivity index (χ0n) is 17.5. The summed E-state index contributed by atoms with van der Waals surface area (Å²) >= 11 is 0. The molecule has 7 nitrogen and oxygen atoms in total. The molecule has 1 aromatic heterocycles. The second-order valence-corrected chi connectivity index (χ2v) is 7.63. The zero-order valence-corrected chi connectivity index (χ0v) is 17.5. The molecule has 2 unspecified atom stereocenters. The smallest absolute Gasteiger partial charge is 0.191 e. The fraction of sp³-hybridized carbons (Fsp3) is 0.500. The Bertz CT molecular complexity index is 789. The Labute approximate surface area is 172 Å². The molecular weight excluding hydrogens is 368 g/mol. The number of aliphatic imine (C=N–C) groups is 1. The molecule has 1 aliphatic rings. The normalized spacial score (nSPS) is 19.1. The Kier molecular flexibility index (Phi) is 7.04. The zero-order chi connectivity index (χ0) is 20.7. The lowest BCUT2D eigenvalue weighted by Crippen LogP contribution is -2.41. The lowest BCUT2D eigenvalue weighted by Gasteiger charge is -2.21. The van der Waals surface area contributed by atoms with E-state index < -0.39 is 5.60 Å². The third-order valence-corrected chi connectivity index (χ3v) is 5.20. The highest BCUT2D eigenvalue weighted by Gasteiger charge is 2.26. The van der Waals surface area contributed by atoms with E-state index in [4.69, 9.17) is 9.15 Å². The van der Waals surface area contributed by atoms with E-state index in [9.17, 15) is 5.11 Å². The van der Waals surface area contributed by atoms with E-state index in [0.717, 1.165) is 38.3 Å². The molecule has 0 bridgehead atoms. The summed E-state index contributed by atoms with van der Waals surface area (Å²) in [6, 6.07) is 11.7. The summed E-state index contributed by atoms with van der Waals surface area (Å²) in [5, 5.41) is 17.3. The molecule has 0 radical (unpaired) electrons. The molecular formula is C22H32N4O3. The van der Waals surface area contributed by atoms with Crippen LogP contribution in [0.5, 0.6) is 5.75 Å². The summed E-state index contributed by atoms with van der Waals surface area (Å²) < 4.78 is 10.7. The quantitative estimate of drug-likeness (QED) is 0.467. The number of hydrogen-bond donors (Lipinski definition) is 3. The number of guanidine groups is 1. The van der Waals surface area contributed by atoms with Gasteiger partial charge in [0.05, 0.1) is 19.9 Å². The Morgan fingerprint density at radius 3 is 2.93 bits per heavy atom. The summed E-state index contributed by atoms with van der Waals surface area (Å²) in [6.45, 7) is 7.56. The van der Waals surface area contributed by atoms with Crippen LogP contribution < -0.4 is 20.3 Å². The monoisotopic (exact) mass is 400 g/mol. The second kappa shape index (κ2) is 9.69. The number of nitrogens with one attached hydrogen (secondary N) is 2. The van der Waals surface area contributed by atoms with E-state index in [2.05, 4.69) is 32.7 Å². The Morgan fingerprint density at radius 2 is 2.21 bits per heavy atom. The molecule has 3 rings (SSSR count). The van der Waals surface area contributed by atoms with Crippen molar-refractivity contribution >= 4 is 11.6 Å². The van der Waals surface area contributed by atoms with Crippen LogP contribution in [-0.4, -0.2) is 50.9 Å². The number of ether oxygens (including phenoxy) is 1. The predicted molar refractivity (Wildman–Crippen MR) is 116 cm³/mol. The van der Waals surface area contributed by atoms with Crippen LogP contribution in [0.2, 0.25) is 0 Å². The summed E-state index contributed by atoms with van der Waals surface area (Å²) in [7, 11) is 1.70. The standard InChI is InChI=1S/C22H32N4O3/c1-4-23-21(25-16-22(2,27)20-9-6-12-29-20)24-14-17-10-11-26(15-17)18-7-5-8-19(13-18)28-3/h5-9,12-13,17,27H,4,10-11,14-16H2,1-3H3,(H2,23,24,25). The van der Waals surface area contributed by atoms with Gasteiger partial charge in [0.15, 0.2) is 5.96 Å². The van der Waals surface area contributed by atoms with E-state index in [1.165, 1.54) is 5.69 Å². The van der Waals surface area contributed by atoms with Crippen LogP contribution in [0.4, 0.5) is 5.69 Å². The molecule has 1 saturated heterocycles. The SMILES string of the molecule is CCNC(=NCC(C)(O)c1ccco1)NCC1CCN(c2cccc(OC)c2)C1. The van der Waals surface area contributed by atoms with Gasteiger partial charge in [0, 0.05) is 37.9 Å². The molecule has 0 aliphatic carbocycles. The van der Waals surface area contributed by atoms with E-state index >= 15 is 0 Å². The maximum absolute atomic E-state index is 10.6. The molecule has 0 saturated carbocycles. The van der Waals surface area contributed by atoms with Gasteiger partial charge in [-0.1, -0.05) is 6.07 Å². The molecule has 29 heavy (non-hydrogen) atoms. The minimum absolute atomic E-state index is 0.219.